The van der Waals surface area contributed by atoms with E-state index in [1.165, 1.54) is 4.31 Å². The molecule has 1 aliphatic carbocycles. The van der Waals surface area contributed by atoms with Crippen molar-refractivity contribution >= 4 is 27.5 Å². The van der Waals surface area contributed by atoms with Gasteiger partial charge >= 0.3 is 0 Å². The van der Waals surface area contributed by atoms with Crippen LogP contribution in [0.1, 0.15) is 50.5 Å². The highest BCUT2D eigenvalue weighted by Crippen LogP contribution is 2.44. The molecule has 3 fully saturated rings. The molecule has 1 saturated carbocycles. The second-order valence-electron chi connectivity index (χ2n) is 8.80. The zero-order chi connectivity index (χ0) is 20.8. The van der Waals surface area contributed by atoms with E-state index in [1.807, 2.05) is 4.90 Å². The normalized spacial score (nSPS) is 31.6. The van der Waals surface area contributed by atoms with E-state index in [9.17, 15) is 18.3 Å². The fourth-order valence-corrected chi connectivity index (χ4v) is 7.29. The molecule has 1 amide bonds. The summed E-state index contributed by atoms with van der Waals surface area (Å²) in [5.41, 5.74) is -0.0673. The van der Waals surface area contributed by atoms with Crippen LogP contribution in [0.2, 0.25) is 5.02 Å². The third-order valence-corrected chi connectivity index (χ3v) is 9.43. The molecular weight excluding hydrogens is 412 g/mol. The highest BCUT2D eigenvalue weighted by molar-refractivity contribution is 7.89. The highest BCUT2D eigenvalue weighted by Gasteiger charge is 2.52. The maximum Gasteiger partial charge on any atom is 0.243 e. The maximum atomic E-state index is 13.4. The Hall–Kier alpha value is -1.15. The summed E-state index contributed by atoms with van der Waals surface area (Å²) in [6.07, 6.45) is 4.98. The Morgan fingerprint density at radius 2 is 1.86 bits per heavy atom. The molecule has 1 aromatic carbocycles. The lowest BCUT2D eigenvalue weighted by atomic mass is 9.79. The van der Waals surface area contributed by atoms with Gasteiger partial charge in [0.2, 0.25) is 15.9 Å². The summed E-state index contributed by atoms with van der Waals surface area (Å²) in [4.78, 5) is 15.6. The first-order chi connectivity index (χ1) is 13.7. The van der Waals surface area contributed by atoms with E-state index in [0.29, 0.717) is 36.5 Å². The Balaban J connectivity index is 1.55. The van der Waals surface area contributed by atoms with Crippen LogP contribution >= 0.6 is 11.6 Å². The lowest BCUT2D eigenvalue weighted by Gasteiger charge is -2.40. The van der Waals surface area contributed by atoms with Gasteiger partial charge < -0.3 is 10.0 Å². The number of hydrogen-bond donors (Lipinski definition) is 1. The first kappa shape index (κ1) is 21.1. The van der Waals surface area contributed by atoms with E-state index in [1.54, 1.807) is 25.1 Å². The number of nitrogens with zero attached hydrogens (tertiary/aromatic N) is 2. The van der Waals surface area contributed by atoms with Crippen molar-refractivity contribution in [3.63, 3.8) is 0 Å². The molecule has 29 heavy (non-hydrogen) atoms. The molecule has 1 N–H and O–H groups in total. The number of carbonyl (C=O) groups is 1. The minimum absolute atomic E-state index is 0.0987. The molecule has 1 spiro atoms. The Kier molecular flexibility index (Phi) is 5.70. The van der Waals surface area contributed by atoms with Gasteiger partial charge in [-0.2, -0.15) is 4.31 Å². The number of amides is 1. The molecule has 1 aromatic rings. The third-order valence-electron chi connectivity index (χ3n) is 7.03. The third kappa shape index (κ3) is 3.71. The predicted octanol–water partition coefficient (Wildman–Crippen LogP) is 2.96. The lowest BCUT2D eigenvalue weighted by Crippen LogP contribution is -2.51. The number of carbonyl (C=O) groups excluding carboxylic acids is 1. The van der Waals surface area contributed by atoms with E-state index in [2.05, 4.69) is 0 Å². The molecule has 1 atom stereocenters. The van der Waals surface area contributed by atoms with Crippen molar-refractivity contribution in [1.82, 2.24) is 9.21 Å². The van der Waals surface area contributed by atoms with Crippen LogP contribution in [0.5, 0.6) is 0 Å². The summed E-state index contributed by atoms with van der Waals surface area (Å²) in [7, 11) is -3.71. The van der Waals surface area contributed by atoms with Gasteiger partial charge in [-0.15, -0.1) is 0 Å². The number of likely N-dealkylation sites (tertiary alicyclic amines) is 1. The van der Waals surface area contributed by atoms with Gasteiger partial charge in [-0.25, -0.2) is 8.42 Å². The number of halogens is 1. The van der Waals surface area contributed by atoms with Crippen LogP contribution in [-0.2, 0) is 14.8 Å². The largest absolute Gasteiger partial charge is 0.393 e. The fourth-order valence-electron chi connectivity index (χ4n) is 5.25. The van der Waals surface area contributed by atoms with Gasteiger partial charge in [0.25, 0.3) is 0 Å². The van der Waals surface area contributed by atoms with Gasteiger partial charge in [0.15, 0.2) is 0 Å². The lowest BCUT2D eigenvalue weighted by molar-refractivity contribution is -0.140. The van der Waals surface area contributed by atoms with Crippen molar-refractivity contribution in [2.24, 2.45) is 5.41 Å². The molecule has 0 aromatic heterocycles. The molecule has 1 unspecified atom stereocenters. The van der Waals surface area contributed by atoms with Crippen molar-refractivity contribution in [3.05, 3.63) is 28.8 Å². The van der Waals surface area contributed by atoms with Gasteiger partial charge in [-0.05, 0) is 69.6 Å². The van der Waals surface area contributed by atoms with Crippen LogP contribution in [0, 0.1) is 12.3 Å². The molecule has 6 nitrogen and oxygen atoms in total. The van der Waals surface area contributed by atoms with E-state index in [0.717, 1.165) is 32.1 Å². The minimum Gasteiger partial charge on any atom is -0.393 e. The van der Waals surface area contributed by atoms with Crippen molar-refractivity contribution in [2.75, 3.05) is 19.6 Å². The van der Waals surface area contributed by atoms with E-state index >= 15 is 0 Å². The zero-order valence-corrected chi connectivity index (χ0v) is 18.4. The molecule has 0 bridgehead atoms. The molecule has 4 rings (SSSR count). The summed E-state index contributed by atoms with van der Waals surface area (Å²) >= 11 is 6.16. The average molecular weight is 441 g/mol. The summed E-state index contributed by atoms with van der Waals surface area (Å²) < 4.78 is 28.2. The second-order valence-corrected chi connectivity index (χ2v) is 11.1. The summed E-state index contributed by atoms with van der Waals surface area (Å²) in [6, 6.07) is 5.11. The van der Waals surface area contributed by atoms with Crippen molar-refractivity contribution in [2.45, 2.75) is 68.9 Å². The smallest absolute Gasteiger partial charge is 0.243 e. The predicted molar refractivity (Wildman–Crippen MR) is 111 cm³/mol. The number of hydrogen-bond acceptors (Lipinski definition) is 4. The molecular formula is C21H29ClN2O4S. The van der Waals surface area contributed by atoms with Gasteiger partial charge in [-0.3, -0.25) is 4.79 Å². The first-order valence-electron chi connectivity index (χ1n) is 10.5. The molecule has 2 saturated heterocycles. The Morgan fingerprint density at radius 1 is 1.14 bits per heavy atom. The van der Waals surface area contributed by atoms with Crippen LogP contribution in [-0.4, -0.2) is 60.4 Å². The molecule has 0 radical (unpaired) electrons. The maximum absolute atomic E-state index is 13.4. The average Bonchev–Trinajstić information content (AvgIpc) is 3.00. The van der Waals surface area contributed by atoms with E-state index in [-0.39, 0.29) is 29.5 Å². The van der Waals surface area contributed by atoms with Crippen LogP contribution in [0.25, 0.3) is 0 Å². The quantitative estimate of drug-likeness (QED) is 0.783. The SMILES string of the molecule is Cc1c(Cl)cccc1S(=O)(=O)N1CCCC2(CCN([C@H]3CC[C@H](O)CC3)C2=O)C1. The van der Waals surface area contributed by atoms with Crippen LogP contribution in [0.15, 0.2) is 23.1 Å². The number of aliphatic hydroxyl groups is 1. The van der Waals surface area contributed by atoms with E-state index in [4.69, 9.17) is 11.6 Å². The van der Waals surface area contributed by atoms with Gasteiger partial charge in [0.1, 0.15) is 0 Å². The Labute approximate surface area is 177 Å². The van der Waals surface area contributed by atoms with Crippen LogP contribution in [0.3, 0.4) is 0 Å². The Morgan fingerprint density at radius 3 is 2.59 bits per heavy atom. The molecule has 160 valence electrons. The summed E-state index contributed by atoms with van der Waals surface area (Å²) in [6.45, 7) is 3.07. The zero-order valence-electron chi connectivity index (χ0n) is 16.8. The van der Waals surface area contributed by atoms with Gasteiger partial charge in [-0.1, -0.05) is 17.7 Å². The summed E-state index contributed by atoms with van der Waals surface area (Å²) in [5, 5.41) is 10.2. The van der Waals surface area contributed by atoms with Gasteiger partial charge in [0, 0.05) is 30.7 Å². The standard InChI is InChI=1S/C21H29ClN2O4S/c1-15-18(22)4-2-5-19(15)29(27,28)23-12-3-10-21(14-23)11-13-24(20(21)26)16-6-8-17(25)9-7-16/h2,4-5,16-17,25H,3,6-14H2,1H3/t16-,17-,21?. The number of aliphatic hydroxyl groups excluding tert-OH is 1. The minimum atomic E-state index is -3.71. The molecule has 2 heterocycles. The number of sulfonamides is 1. The van der Waals surface area contributed by atoms with Crippen molar-refractivity contribution in [1.29, 1.82) is 0 Å². The molecule has 8 heteroatoms. The highest BCUT2D eigenvalue weighted by atomic mass is 35.5. The topological polar surface area (TPSA) is 77.9 Å². The van der Waals surface area contributed by atoms with Crippen LogP contribution < -0.4 is 0 Å². The second kappa shape index (κ2) is 7.84. The monoisotopic (exact) mass is 440 g/mol. The van der Waals surface area contributed by atoms with Crippen molar-refractivity contribution < 1.29 is 18.3 Å². The van der Waals surface area contributed by atoms with Crippen LogP contribution in [0.4, 0.5) is 0 Å². The Bertz CT molecular complexity index is 898. The first-order valence-corrected chi connectivity index (χ1v) is 12.3. The molecule has 2 aliphatic heterocycles. The van der Waals surface area contributed by atoms with Crippen molar-refractivity contribution in [3.8, 4) is 0 Å². The number of piperidine rings is 1. The number of benzene rings is 1. The van der Waals surface area contributed by atoms with E-state index < -0.39 is 15.4 Å². The molecule has 3 aliphatic rings. The fraction of sp³-hybridized carbons (Fsp3) is 0.667. The number of rotatable bonds is 3. The van der Waals surface area contributed by atoms with Gasteiger partial charge in [0.05, 0.1) is 16.4 Å². The summed E-state index contributed by atoms with van der Waals surface area (Å²) in [5.74, 6) is 0.0987.